The maximum Gasteiger partial charge on any atom is 0.244 e. The summed E-state index contributed by atoms with van der Waals surface area (Å²) in [6.45, 7) is 0.753. The predicted octanol–water partition coefficient (Wildman–Crippen LogP) is 4.37. The van der Waals surface area contributed by atoms with Crippen LogP contribution in [0, 0.1) is 5.41 Å². The second-order valence-electron chi connectivity index (χ2n) is 8.82. The Hall–Kier alpha value is -4.98. The molecule has 0 saturated heterocycles. The summed E-state index contributed by atoms with van der Waals surface area (Å²) in [4.78, 5) is 14.9. The zero-order chi connectivity index (χ0) is 27.1. The first-order valence-electron chi connectivity index (χ1n) is 12.0. The zero-order valence-electron chi connectivity index (χ0n) is 21.1. The molecule has 0 aliphatic heterocycles. The average Bonchev–Trinajstić information content (AvgIpc) is 2.93. The van der Waals surface area contributed by atoms with Crippen molar-refractivity contribution < 1.29 is 14.3 Å². The molecular weight excluding hydrogens is 478 g/mol. The number of amides is 1. The van der Waals surface area contributed by atoms with Crippen molar-refractivity contribution in [3.8, 4) is 11.5 Å². The quantitative estimate of drug-likeness (QED) is 0.134. The summed E-state index contributed by atoms with van der Waals surface area (Å²) in [6.07, 6.45) is 0. The average molecular weight is 510 g/mol. The van der Waals surface area contributed by atoms with Crippen LogP contribution in [0.25, 0.3) is 0 Å². The standard InChI is InChI=1S/C30H31N5O3/c1-37-27-17-23(11-16-26(27)38-19-21-5-3-2-4-6-21)28(30(34)36)35(18-20-7-12-24(31)13-8-20)25-14-9-22(10-15-25)29(32)33/h2-17,28H,18-19,31H2,1H3,(H3,32,33)(H2,34,36). The lowest BCUT2D eigenvalue weighted by Crippen LogP contribution is -2.37. The van der Waals surface area contributed by atoms with Gasteiger partial charge in [-0.15, -0.1) is 0 Å². The summed E-state index contributed by atoms with van der Waals surface area (Å²) in [6, 6.07) is 28.9. The van der Waals surface area contributed by atoms with E-state index in [9.17, 15) is 4.79 Å². The lowest BCUT2D eigenvalue weighted by atomic mass is 10.0. The number of nitrogens with zero attached hydrogens (tertiary/aromatic N) is 1. The minimum atomic E-state index is -0.826. The largest absolute Gasteiger partial charge is 0.493 e. The second kappa shape index (κ2) is 11.8. The Labute approximate surface area is 222 Å². The van der Waals surface area contributed by atoms with Crippen LogP contribution < -0.4 is 31.6 Å². The van der Waals surface area contributed by atoms with Crippen molar-refractivity contribution in [1.29, 1.82) is 5.41 Å². The Balaban J connectivity index is 1.70. The molecule has 0 spiro atoms. The molecule has 0 heterocycles. The minimum absolute atomic E-state index is 0.0380. The van der Waals surface area contributed by atoms with Gasteiger partial charge in [0.05, 0.1) is 7.11 Å². The first-order chi connectivity index (χ1) is 18.4. The number of nitrogens with one attached hydrogen (secondary N) is 1. The molecule has 4 aromatic carbocycles. The van der Waals surface area contributed by atoms with Crippen molar-refractivity contribution in [2.45, 2.75) is 19.2 Å². The van der Waals surface area contributed by atoms with E-state index in [-0.39, 0.29) is 5.84 Å². The van der Waals surface area contributed by atoms with Gasteiger partial charge in [0.25, 0.3) is 0 Å². The third-order valence-corrected chi connectivity index (χ3v) is 6.16. The van der Waals surface area contributed by atoms with E-state index in [0.29, 0.717) is 41.5 Å². The number of methoxy groups -OCH3 is 1. The molecule has 0 aliphatic carbocycles. The van der Waals surface area contributed by atoms with Crippen LogP contribution >= 0.6 is 0 Å². The van der Waals surface area contributed by atoms with Gasteiger partial charge in [-0.05, 0) is 65.2 Å². The van der Waals surface area contributed by atoms with Gasteiger partial charge >= 0.3 is 0 Å². The van der Waals surface area contributed by atoms with Gasteiger partial charge in [-0.25, -0.2) is 0 Å². The van der Waals surface area contributed by atoms with Crippen molar-refractivity contribution in [2.75, 3.05) is 17.7 Å². The third kappa shape index (κ3) is 6.22. The number of hydrogen-bond donors (Lipinski definition) is 4. The molecular formula is C30H31N5O3. The number of carbonyl (C=O) groups excluding carboxylic acids is 1. The number of amidine groups is 1. The molecule has 1 amide bonds. The highest BCUT2D eigenvalue weighted by atomic mass is 16.5. The van der Waals surface area contributed by atoms with Gasteiger partial charge in [0.15, 0.2) is 11.5 Å². The van der Waals surface area contributed by atoms with Crippen LogP contribution in [-0.4, -0.2) is 18.9 Å². The molecule has 0 aliphatic rings. The fourth-order valence-corrected chi connectivity index (χ4v) is 4.19. The van der Waals surface area contributed by atoms with Gasteiger partial charge in [-0.2, -0.15) is 0 Å². The zero-order valence-corrected chi connectivity index (χ0v) is 21.1. The Morgan fingerprint density at radius 1 is 0.868 bits per heavy atom. The van der Waals surface area contributed by atoms with E-state index in [1.807, 2.05) is 77.7 Å². The number of hydrogen-bond acceptors (Lipinski definition) is 6. The highest BCUT2D eigenvalue weighted by Gasteiger charge is 2.28. The van der Waals surface area contributed by atoms with Crippen LogP contribution in [0.15, 0.2) is 97.1 Å². The number of ether oxygens (including phenoxy) is 2. The molecule has 0 saturated carbocycles. The van der Waals surface area contributed by atoms with Crippen LogP contribution in [0.2, 0.25) is 0 Å². The fraction of sp³-hybridized carbons (Fsp3) is 0.133. The Kier molecular flexibility index (Phi) is 8.13. The highest BCUT2D eigenvalue weighted by molar-refractivity contribution is 5.95. The number of primary amides is 1. The molecule has 0 bridgehead atoms. The number of nitrogens with two attached hydrogens (primary N) is 3. The van der Waals surface area contributed by atoms with Gasteiger partial charge in [0, 0.05) is 23.5 Å². The number of carbonyl (C=O) groups is 1. The maximum atomic E-state index is 13.0. The molecule has 38 heavy (non-hydrogen) atoms. The number of nitrogen functional groups attached to an aromatic ring is 2. The highest BCUT2D eigenvalue weighted by Crippen LogP contribution is 2.35. The summed E-state index contributed by atoms with van der Waals surface area (Å²) in [5.41, 5.74) is 22.1. The molecule has 194 valence electrons. The molecule has 4 rings (SSSR count). The first kappa shape index (κ1) is 26.1. The second-order valence-corrected chi connectivity index (χ2v) is 8.82. The van der Waals surface area contributed by atoms with E-state index in [1.165, 1.54) is 0 Å². The SMILES string of the molecule is COc1cc(C(C(N)=O)N(Cc2ccc(N)cc2)c2ccc(C(=N)N)cc2)ccc1OCc1ccccc1. The van der Waals surface area contributed by atoms with Gasteiger partial charge in [-0.3, -0.25) is 10.2 Å². The monoisotopic (exact) mass is 509 g/mol. The van der Waals surface area contributed by atoms with E-state index in [0.717, 1.165) is 16.8 Å². The molecule has 4 aromatic rings. The minimum Gasteiger partial charge on any atom is -0.493 e. The lowest BCUT2D eigenvalue weighted by molar-refractivity contribution is -0.119. The summed E-state index contributed by atoms with van der Waals surface area (Å²) in [7, 11) is 1.56. The van der Waals surface area contributed by atoms with E-state index >= 15 is 0 Å². The summed E-state index contributed by atoms with van der Waals surface area (Å²) >= 11 is 0. The van der Waals surface area contributed by atoms with E-state index < -0.39 is 11.9 Å². The van der Waals surface area contributed by atoms with Crippen molar-refractivity contribution in [2.24, 2.45) is 11.5 Å². The Bertz CT molecular complexity index is 1390. The topological polar surface area (TPSA) is 141 Å². The Morgan fingerprint density at radius 2 is 1.55 bits per heavy atom. The van der Waals surface area contributed by atoms with Crippen LogP contribution in [-0.2, 0) is 17.9 Å². The van der Waals surface area contributed by atoms with Gasteiger partial charge < -0.3 is 31.6 Å². The van der Waals surface area contributed by atoms with Crippen LogP contribution in [0.5, 0.6) is 11.5 Å². The van der Waals surface area contributed by atoms with Crippen molar-refractivity contribution >= 4 is 23.1 Å². The lowest BCUT2D eigenvalue weighted by Gasteiger charge is -2.32. The first-order valence-corrected chi connectivity index (χ1v) is 12.0. The molecule has 0 fully saturated rings. The van der Waals surface area contributed by atoms with Crippen LogP contribution in [0.1, 0.15) is 28.3 Å². The number of rotatable bonds is 11. The van der Waals surface area contributed by atoms with E-state index in [2.05, 4.69) is 0 Å². The van der Waals surface area contributed by atoms with Crippen molar-refractivity contribution in [3.05, 3.63) is 119 Å². The molecule has 0 aromatic heterocycles. The third-order valence-electron chi connectivity index (χ3n) is 6.16. The molecule has 8 nitrogen and oxygen atoms in total. The van der Waals surface area contributed by atoms with Crippen LogP contribution in [0.3, 0.4) is 0 Å². The van der Waals surface area contributed by atoms with E-state index in [4.69, 9.17) is 32.1 Å². The molecule has 1 atom stereocenters. The smallest absolute Gasteiger partial charge is 0.244 e. The summed E-state index contributed by atoms with van der Waals surface area (Å²) in [5.74, 6) is 0.475. The predicted molar refractivity (Wildman–Crippen MR) is 150 cm³/mol. The van der Waals surface area contributed by atoms with Gasteiger partial charge in [0.1, 0.15) is 18.5 Å². The Morgan fingerprint density at radius 3 is 2.16 bits per heavy atom. The van der Waals surface area contributed by atoms with E-state index in [1.54, 1.807) is 31.4 Å². The van der Waals surface area contributed by atoms with Crippen molar-refractivity contribution in [1.82, 2.24) is 0 Å². The molecule has 8 heteroatoms. The summed E-state index contributed by atoms with van der Waals surface area (Å²) in [5, 5.41) is 7.71. The normalized spacial score (nSPS) is 11.4. The van der Waals surface area contributed by atoms with Gasteiger partial charge in [0.2, 0.25) is 5.91 Å². The maximum absolute atomic E-state index is 13.0. The molecule has 0 radical (unpaired) electrons. The van der Waals surface area contributed by atoms with Crippen molar-refractivity contribution in [3.63, 3.8) is 0 Å². The molecule has 7 N–H and O–H groups in total. The van der Waals surface area contributed by atoms with Gasteiger partial charge in [-0.1, -0.05) is 48.5 Å². The summed E-state index contributed by atoms with van der Waals surface area (Å²) < 4.78 is 11.6. The fourth-order valence-electron chi connectivity index (χ4n) is 4.19. The number of anilines is 2. The molecule has 1 unspecified atom stereocenters. The van der Waals surface area contributed by atoms with Crippen LogP contribution in [0.4, 0.5) is 11.4 Å². The number of benzene rings is 4.